The Morgan fingerprint density at radius 2 is 2.00 bits per heavy atom. The zero-order chi connectivity index (χ0) is 11.7. The van der Waals surface area contributed by atoms with Crippen LogP contribution in [0.4, 0.5) is 5.69 Å². The standard InChI is InChI=1S/C14H22N2/c1-9(2)11-7-14-13(15-8-11)6-5-12(16-14)10(3)4/h5-6,9-11,15H,7-8H2,1-4H3. The van der Waals surface area contributed by atoms with Gasteiger partial charge < -0.3 is 5.32 Å². The van der Waals surface area contributed by atoms with Crippen molar-refractivity contribution >= 4 is 5.69 Å². The van der Waals surface area contributed by atoms with Gasteiger partial charge in [-0.15, -0.1) is 0 Å². The number of hydrogen-bond acceptors (Lipinski definition) is 2. The predicted octanol–water partition coefficient (Wildman–Crippen LogP) is 3.45. The minimum Gasteiger partial charge on any atom is -0.383 e. The Morgan fingerprint density at radius 3 is 2.62 bits per heavy atom. The molecule has 88 valence electrons. The van der Waals surface area contributed by atoms with Crippen LogP contribution in [0, 0.1) is 11.8 Å². The molecule has 1 aromatic rings. The van der Waals surface area contributed by atoms with Gasteiger partial charge in [-0.2, -0.15) is 0 Å². The Kier molecular flexibility index (Phi) is 3.17. The molecule has 1 atom stereocenters. The summed E-state index contributed by atoms with van der Waals surface area (Å²) in [5.74, 6) is 1.97. The lowest BCUT2D eigenvalue weighted by Crippen LogP contribution is -2.28. The van der Waals surface area contributed by atoms with E-state index >= 15 is 0 Å². The van der Waals surface area contributed by atoms with E-state index in [1.165, 1.54) is 17.1 Å². The number of aromatic nitrogens is 1. The molecule has 1 unspecified atom stereocenters. The quantitative estimate of drug-likeness (QED) is 0.822. The zero-order valence-electron chi connectivity index (χ0n) is 10.7. The molecule has 0 saturated carbocycles. The smallest absolute Gasteiger partial charge is 0.0641 e. The molecule has 2 heterocycles. The van der Waals surface area contributed by atoms with Crippen LogP contribution in [0.3, 0.4) is 0 Å². The summed E-state index contributed by atoms with van der Waals surface area (Å²) in [7, 11) is 0. The molecule has 1 aromatic heterocycles. The van der Waals surface area contributed by atoms with Crippen molar-refractivity contribution in [3.05, 3.63) is 23.5 Å². The van der Waals surface area contributed by atoms with Gasteiger partial charge in [0.2, 0.25) is 0 Å². The Labute approximate surface area is 98.5 Å². The molecule has 2 rings (SSSR count). The summed E-state index contributed by atoms with van der Waals surface area (Å²) in [6.45, 7) is 10.1. The molecule has 0 bridgehead atoms. The van der Waals surface area contributed by atoms with E-state index in [1.54, 1.807) is 0 Å². The van der Waals surface area contributed by atoms with Crippen molar-refractivity contribution in [1.29, 1.82) is 0 Å². The van der Waals surface area contributed by atoms with Gasteiger partial charge in [-0.1, -0.05) is 27.7 Å². The molecule has 0 aromatic carbocycles. The molecule has 1 aliphatic heterocycles. The van der Waals surface area contributed by atoms with Crippen LogP contribution < -0.4 is 5.32 Å². The van der Waals surface area contributed by atoms with Crippen molar-refractivity contribution in [2.45, 2.75) is 40.0 Å². The first-order valence-electron chi connectivity index (χ1n) is 6.31. The van der Waals surface area contributed by atoms with Gasteiger partial charge in [-0.3, -0.25) is 4.98 Å². The lowest BCUT2D eigenvalue weighted by molar-refractivity contribution is 0.389. The van der Waals surface area contributed by atoms with Crippen LogP contribution in [0.5, 0.6) is 0 Å². The normalized spacial score (nSPS) is 19.8. The lowest BCUT2D eigenvalue weighted by Gasteiger charge is -2.28. The van der Waals surface area contributed by atoms with E-state index in [0.717, 1.165) is 24.8 Å². The topological polar surface area (TPSA) is 24.9 Å². The number of pyridine rings is 1. The van der Waals surface area contributed by atoms with Gasteiger partial charge in [0, 0.05) is 12.2 Å². The first kappa shape index (κ1) is 11.4. The second-order valence-corrected chi connectivity index (χ2v) is 5.47. The number of hydrogen-bond donors (Lipinski definition) is 1. The molecule has 0 radical (unpaired) electrons. The fourth-order valence-corrected chi connectivity index (χ4v) is 2.19. The van der Waals surface area contributed by atoms with Gasteiger partial charge in [0.15, 0.2) is 0 Å². The van der Waals surface area contributed by atoms with Crippen LogP contribution in [0.2, 0.25) is 0 Å². The highest BCUT2D eigenvalue weighted by atomic mass is 14.9. The summed E-state index contributed by atoms with van der Waals surface area (Å²) >= 11 is 0. The Hall–Kier alpha value is -1.05. The lowest BCUT2D eigenvalue weighted by atomic mass is 9.88. The third-order valence-corrected chi connectivity index (χ3v) is 3.54. The van der Waals surface area contributed by atoms with E-state index in [2.05, 4.69) is 45.1 Å². The van der Waals surface area contributed by atoms with Gasteiger partial charge in [-0.25, -0.2) is 0 Å². The molecule has 0 spiro atoms. The van der Waals surface area contributed by atoms with Crippen LogP contribution in [0.15, 0.2) is 12.1 Å². The third kappa shape index (κ3) is 2.21. The Bertz CT molecular complexity index is 369. The molecule has 1 aliphatic rings. The van der Waals surface area contributed by atoms with E-state index in [9.17, 15) is 0 Å². The molecular weight excluding hydrogens is 196 g/mol. The average molecular weight is 218 g/mol. The highest BCUT2D eigenvalue weighted by Crippen LogP contribution is 2.28. The van der Waals surface area contributed by atoms with E-state index in [0.29, 0.717) is 5.92 Å². The fraction of sp³-hybridized carbons (Fsp3) is 0.643. The number of nitrogens with zero attached hydrogens (tertiary/aromatic N) is 1. The van der Waals surface area contributed by atoms with Crippen molar-refractivity contribution in [3.63, 3.8) is 0 Å². The summed E-state index contributed by atoms with van der Waals surface area (Å²) < 4.78 is 0. The van der Waals surface area contributed by atoms with Crippen molar-refractivity contribution in [1.82, 2.24) is 4.98 Å². The molecule has 0 amide bonds. The van der Waals surface area contributed by atoms with Gasteiger partial charge in [0.25, 0.3) is 0 Å². The first-order valence-corrected chi connectivity index (χ1v) is 6.31. The SMILES string of the molecule is CC(C)c1ccc2c(n1)CC(C(C)C)CN2. The predicted molar refractivity (Wildman–Crippen MR) is 68.8 cm³/mol. The number of rotatable bonds is 2. The Morgan fingerprint density at radius 1 is 1.25 bits per heavy atom. The maximum Gasteiger partial charge on any atom is 0.0641 e. The third-order valence-electron chi connectivity index (χ3n) is 3.54. The molecule has 0 aliphatic carbocycles. The Balaban J connectivity index is 2.25. The van der Waals surface area contributed by atoms with E-state index in [1.807, 2.05) is 0 Å². The van der Waals surface area contributed by atoms with Crippen molar-refractivity contribution < 1.29 is 0 Å². The average Bonchev–Trinajstić information content (AvgIpc) is 2.27. The van der Waals surface area contributed by atoms with Crippen molar-refractivity contribution in [2.24, 2.45) is 11.8 Å². The van der Waals surface area contributed by atoms with E-state index < -0.39 is 0 Å². The second kappa shape index (κ2) is 4.44. The maximum absolute atomic E-state index is 4.78. The van der Waals surface area contributed by atoms with Crippen LogP contribution in [-0.4, -0.2) is 11.5 Å². The minimum absolute atomic E-state index is 0.518. The summed E-state index contributed by atoms with van der Waals surface area (Å²) in [5.41, 5.74) is 3.71. The van der Waals surface area contributed by atoms with Crippen molar-refractivity contribution in [3.8, 4) is 0 Å². The molecule has 16 heavy (non-hydrogen) atoms. The zero-order valence-corrected chi connectivity index (χ0v) is 10.7. The van der Waals surface area contributed by atoms with Crippen LogP contribution >= 0.6 is 0 Å². The van der Waals surface area contributed by atoms with Crippen LogP contribution in [-0.2, 0) is 6.42 Å². The molecule has 0 saturated heterocycles. The summed E-state index contributed by atoms with van der Waals surface area (Å²) in [5, 5.41) is 3.50. The van der Waals surface area contributed by atoms with Crippen molar-refractivity contribution in [2.75, 3.05) is 11.9 Å². The fourth-order valence-electron chi connectivity index (χ4n) is 2.19. The minimum atomic E-state index is 0.518. The van der Waals surface area contributed by atoms with E-state index in [-0.39, 0.29) is 0 Å². The van der Waals surface area contributed by atoms with Crippen LogP contribution in [0.1, 0.15) is 45.0 Å². The maximum atomic E-state index is 4.78. The summed E-state index contributed by atoms with van der Waals surface area (Å²) in [6.07, 6.45) is 1.13. The summed E-state index contributed by atoms with van der Waals surface area (Å²) in [6, 6.07) is 4.33. The molecule has 1 N–H and O–H groups in total. The van der Waals surface area contributed by atoms with Gasteiger partial charge >= 0.3 is 0 Å². The van der Waals surface area contributed by atoms with Gasteiger partial charge in [0.05, 0.1) is 11.4 Å². The summed E-state index contributed by atoms with van der Waals surface area (Å²) in [4.78, 5) is 4.78. The molecule has 2 heteroatoms. The largest absolute Gasteiger partial charge is 0.383 e. The van der Waals surface area contributed by atoms with Gasteiger partial charge in [-0.05, 0) is 36.3 Å². The highest BCUT2D eigenvalue weighted by Gasteiger charge is 2.22. The number of anilines is 1. The van der Waals surface area contributed by atoms with E-state index in [4.69, 9.17) is 4.98 Å². The first-order chi connectivity index (χ1) is 7.58. The van der Waals surface area contributed by atoms with Crippen LogP contribution in [0.25, 0.3) is 0 Å². The van der Waals surface area contributed by atoms with Gasteiger partial charge in [0.1, 0.15) is 0 Å². The molecule has 0 fully saturated rings. The number of nitrogens with one attached hydrogen (secondary N) is 1. The monoisotopic (exact) mass is 218 g/mol. The highest BCUT2D eigenvalue weighted by molar-refractivity contribution is 5.50. The number of fused-ring (bicyclic) bond motifs is 1. The molecule has 2 nitrogen and oxygen atoms in total. The second-order valence-electron chi connectivity index (χ2n) is 5.47. The molecular formula is C14H22N2.